The van der Waals surface area contributed by atoms with Crippen LogP contribution in [0.25, 0.3) is 6.08 Å². The summed E-state index contributed by atoms with van der Waals surface area (Å²) in [5.41, 5.74) is 0.793. The van der Waals surface area contributed by atoms with Gasteiger partial charge in [-0.05, 0) is 49.8 Å². The fourth-order valence-corrected chi connectivity index (χ4v) is 2.61. The summed E-state index contributed by atoms with van der Waals surface area (Å²) in [5.74, 6) is 1.71. The minimum Gasteiger partial charge on any atom is -0.490 e. The molecule has 8 heteroatoms. The number of para-hydroxylation sites is 1. The number of ether oxygens (including phenoxy) is 4. The van der Waals surface area contributed by atoms with Crippen LogP contribution in [0.3, 0.4) is 0 Å². The van der Waals surface area contributed by atoms with E-state index in [9.17, 15) is 9.59 Å². The molecule has 0 aliphatic heterocycles. The standard InChI is InChI=1S/C24H30N2O6/c1-3-29-22-18-19(11-13-23(27)25-14-15-26-24(28)30-4-2)10-12-21(22)32-17-16-31-20-8-6-5-7-9-20/h5-13,18H,3-4,14-17H2,1-2H3,(H,25,27)(H,26,28)/b13-11+. The van der Waals surface area contributed by atoms with Gasteiger partial charge in [0, 0.05) is 19.2 Å². The van der Waals surface area contributed by atoms with Crippen molar-refractivity contribution in [3.05, 3.63) is 60.2 Å². The Morgan fingerprint density at radius 2 is 1.59 bits per heavy atom. The number of hydrogen-bond acceptors (Lipinski definition) is 6. The Balaban J connectivity index is 1.81. The van der Waals surface area contributed by atoms with Crippen LogP contribution in [-0.4, -0.2) is 51.5 Å². The molecule has 0 atom stereocenters. The quantitative estimate of drug-likeness (QED) is 0.365. The monoisotopic (exact) mass is 442 g/mol. The summed E-state index contributed by atoms with van der Waals surface area (Å²) in [4.78, 5) is 23.1. The number of carbonyl (C=O) groups is 2. The van der Waals surface area contributed by atoms with Gasteiger partial charge in [0.25, 0.3) is 0 Å². The number of hydrogen-bond donors (Lipinski definition) is 2. The van der Waals surface area contributed by atoms with Crippen molar-refractivity contribution in [2.75, 3.05) is 39.5 Å². The SMILES string of the molecule is CCOC(=O)NCCNC(=O)/C=C/c1ccc(OCCOc2ccccc2)c(OCC)c1. The van der Waals surface area contributed by atoms with E-state index in [1.165, 1.54) is 6.08 Å². The predicted octanol–water partition coefficient (Wildman–Crippen LogP) is 3.42. The van der Waals surface area contributed by atoms with E-state index >= 15 is 0 Å². The first-order valence-electron chi connectivity index (χ1n) is 10.6. The second kappa shape index (κ2) is 14.3. The molecule has 0 heterocycles. The number of benzene rings is 2. The van der Waals surface area contributed by atoms with Gasteiger partial charge in [0.1, 0.15) is 19.0 Å². The van der Waals surface area contributed by atoms with Crippen molar-refractivity contribution < 1.29 is 28.5 Å². The number of alkyl carbamates (subject to hydrolysis) is 1. The van der Waals surface area contributed by atoms with Crippen molar-refractivity contribution >= 4 is 18.1 Å². The van der Waals surface area contributed by atoms with Crippen molar-refractivity contribution in [1.29, 1.82) is 0 Å². The highest BCUT2D eigenvalue weighted by Gasteiger charge is 2.06. The molecule has 0 unspecified atom stereocenters. The van der Waals surface area contributed by atoms with Crippen molar-refractivity contribution in [3.8, 4) is 17.2 Å². The van der Waals surface area contributed by atoms with E-state index in [0.717, 1.165) is 11.3 Å². The topological polar surface area (TPSA) is 95.1 Å². The first-order chi connectivity index (χ1) is 15.6. The zero-order valence-electron chi connectivity index (χ0n) is 18.5. The third kappa shape index (κ3) is 9.42. The van der Waals surface area contributed by atoms with E-state index in [1.54, 1.807) is 19.1 Å². The maximum absolute atomic E-state index is 11.9. The van der Waals surface area contributed by atoms with Crippen LogP contribution in [0.15, 0.2) is 54.6 Å². The largest absolute Gasteiger partial charge is 0.490 e. The van der Waals surface area contributed by atoms with Gasteiger partial charge in [-0.15, -0.1) is 0 Å². The van der Waals surface area contributed by atoms with Gasteiger partial charge in [-0.25, -0.2) is 4.79 Å². The molecule has 0 spiro atoms. The zero-order chi connectivity index (χ0) is 23.0. The highest BCUT2D eigenvalue weighted by atomic mass is 16.5. The highest BCUT2D eigenvalue weighted by molar-refractivity contribution is 5.91. The number of carbonyl (C=O) groups excluding carboxylic acids is 2. The normalized spacial score (nSPS) is 10.4. The van der Waals surface area contributed by atoms with E-state index in [1.807, 2.05) is 49.4 Å². The van der Waals surface area contributed by atoms with Crippen LogP contribution in [0.4, 0.5) is 4.79 Å². The van der Waals surface area contributed by atoms with Crippen molar-refractivity contribution in [3.63, 3.8) is 0 Å². The molecule has 2 amide bonds. The third-order valence-electron chi connectivity index (χ3n) is 4.02. The zero-order valence-corrected chi connectivity index (χ0v) is 18.5. The Bertz CT molecular complexity index is 870. The molecule has 2 rings (SSSR count). The molecule has 0 bridgehead atoms. The summed E-state index contributed by atoms with van der Waals surface area (Å²) in [6.45, 7) is 5.75. The summed E-state index contributed by atoms with van der Waals surface area (Å²) in [5, 5.41) is 5.21. The summed E-state index contributed by atoms with van der Waals surface area (Å²) < 4.78 is 21.8. The minimum atomic E-state index is -0.505. The maximum Gasteiger partial charge on any atom is 0.407 e. The van der Waals surface area contributed by atoms with Crippen LogP contribution in [0.1, 0.15) is 19.4 Å². The molecule has 0 radical (unpaired) electrons. The molecular weight excluding hydrogens is 412 g/mol. The van der Waals surface area contributed by atoms with Crippen LogP contribution in [-0.2, 0) is 9.53 Å². The predicted molar refractivity (Wildman–Crippen MR) is 122 cm³/mol. The molecule has 0 saturated carbocycles. The lowest BCUT2D eigenvalue weighted by molar-refractivity contribution is -0.116. The van der Waals surface area contributed by atoms with Gasteiger partial charge in [0.15, 0.2) is 11.5 Å². The first-order valence-corrected chi connectivity index (χ1v) is 10.6. The molecule has 2 aromatic carbocycles. The molecule has 0 aromatic heterocycles. The average molecular weight is 443 g/mol. The van der Waals surface area contributed by atoms with Crippen LogP contribution >= 0.6 is 0 Å². The van der Waals surface area contributed by atoms with E-state index in [0.29, 0.717) is 44.5 Å². The molecule has 0 aliphatic carbocycles. The fourth-order valence-electron chi connectivity index (χ4n) is 2.61. The van der Waals surface area contributed by atoms with Crippen molar-refractivity contribution in [1.82, 2.24) is 10.6 Å². The van der Waals surface area contributed by atoms with Gasteiger partial charge in [-0.1, -0.05) is 24.3 Å². The van der Waals surface area contributed by atoms with E-state index < -0.39 is 6.09 Å². The molecular formula is C24H30N2O6. The first kappa shape index (κ1) is 24.6. The van der Waals surface area contributed by atoms with Crippen LogP contribution in [0.2, 0.25) is 0 Å². The van der Waals surface area contributed by atoms with Crippen molar-refractivity contribution in [2.24, 2.45) is 0 Å². The van der Waals surface area contributed by atoms with Crippen LogP contribution < -0.4 is 24.8 Å². The lowest BCUT2D eigenvalue weighted by Crippen LogP contribution is -2.34. The van der Waals surface area contributed by atoms with Gasteiger partial charge in [-0.2, -0.15) is 0 Å². The Hall–Kier alpha value is -3.68. The molecule has 0 aliphatic rings. The smallest absolute Gasteiger partial charge is 0.407 e. The lowest BCUT2D eigenvalue weighted by atomic mass is 10.2. The van der Waals surface area contributed by atoms with E-state index in [-0.39, 0.29) is 12.5 Å². The van der Waals surface area contributed by atoms with E-state index in [4.69, 9.17) is 18.9 Å². The number of amides is 2. The molecule has 2 aromatic rings. The minimum absolute atomic E-state index is 0.271. The summed E-state index contributed by atoms with van der Waals surface area (Å²) in [6, 6.07) is 15.0. The number of nitrogens with one attached hydrogen (secondary N) is 2. The molecule has 2 N–H and O–H groups in total. The Kier molecular flexibility index (Phi) is 11.0. The Labute approximate surface area is 188 Å². The number of rotatable bonds is 13. The van der Waals surface area contributed by atoms with Gasteiger partial charge >= 0.3 is 6.09 Å². The molecule has 172 valence electrons. The summed E-state index contributed by atoms with van der Waals surface area (Å²) >= 11 is 0. The Morgan fingerprint density at radius 3 is 2.34 bits per heavy atom. The van der Waals surface area contributed by atoms with E-state index in [2.05, 4.69) is 10.6 Å². The maximum atomic E-state index is 11.9. The van der Waals surface area contributed by atoms with Gasteiger partial charge < -0.3 is 29.6 Å². The summed E-state index contributed by atoms with van der Waals surface area (Å²) in [7, 11) is 0. The second-order valence-corrected chi connectivity index (χ2v) is 6.42. The molecule has 0 fully saturated rings. The Morgan fingerprint density at radius 1 is 0.844 bits per heavy atom. The molecule has 8 nitrogen and oxygen atoms in total. The van der Waals surface area contributed by atoms with Gasteiger partial charge in [-0.3, -0.25) is 4.79 Å². The fraction of sp³-hybridized carbons (Fsp3) is 0.333. The second-order valence-electron chi connectivity index (χ2n) is 6.42. The average Bonchev–Trinajstić information content (AvgIpc) is 2.80. The third-order valence-corrected chi connectivity index (χ3v) is 4.02. The van der Waals surface area contributed by atoms with Crippen LogP contribution in [0, 0.1) is 0 Å². The van der Waals surface area contributed by atoms with Crippen LogP contribution in [0.5, 0.6) is 17.2 Å². The molecule has 0 saturated heterocycles. The van der Waals surface area contributed by atoms with Crippen molar-refractivity contribution in [2.45, 2.75) is 13.8 Å². The lowest BCUT2D eigenvalue weighted by Gasteiger charge is -2.13. The summed E-state index contributed by atoms with van der Waals surface area (Å²) in [6.07, 6.45) is 2.59. The molecule has 32 heavy (non-hydrogen) atoms. The highest BCUT2D eigenvalue weighted by Crippen LogP contribution is 2.29. The van der Waals surface area contributed by atoms with Gasteiger partial charge in [0.05, 0.1) is 13.2 Å². The van der Waals surface area contributed by atoms with Gasteiger partial charge in [0.2, 0.25) is 5.91 Å².